The fourth-order valence-corrected chi connectivity index (χ4v) is 1.58. The average molecular weight is 243 g/mol. The zero-order chi connectivity index (χ0) is 12.0. The molecule has 0 aliphatic rings. The number of rotatable bonds is 6. The summed E-state index contributed by atoms with van der Waals surface area (Å²) in [6, 6.07) is -0.774. The molecule has 0 aliphatic carbocycles. The van der Waals surface area contributed by atoms with Crippen molar-refractivity contribution in [2.45, 2.75) is 25.4 Å². The molecule has 1 amide bonds. The average Bonchev–Trinajstić information content (AvgIpc) is 2.75. The van der Waals surface area contributed by atoms with Gasteiger partial charge in [-0.1, -0.05) is 0 Å². The van der Waals surface area contributed by atoms with Crippen LogP contribution in [0.2, 0.25) is 0 Å². The SMILES string of the molecule is NC(CCC(=O)O)C(=O)NCc1cncs1. The smallest absolute Gasteiger partial charge is 0.303 e. The highest BCUT2D eigenvalue weighted by Crippen LogP contribution is 2.04. The molecule has 4 N–H and O–H groups in total. The fourth-order valence-electron chi connectivity index (χ4n) is 1.04. The van der Waals surface area contributed by atoms with Crippen molar-refractivity contribution in [2.75, 3.05) is 0 Å². The Balaban J connectivity index is 2.26. The van der Waals surface area contributed by atoms with Crippen LogP contribution >= 0.6 is 11.3 Å². The first kappa shape index (κ1) is 12.6. The van der Waals surface area contributed by atoms with Crippen molar-refractivity contribution in [1.29, 1.82) is 0 Å². The molecule has 0 fully saturated rings. The van der Waals surface area contributed by atoms with Gasteiger partial charge >= 0.3 is 5.97 Å². The Kier molecular flexibility index (Phi) is 4.87. The van der Waals surface area contributed by atoms with Gasteiger partial charge in [0.1, 0.15) is 0 Å². The summed E-state index contributed by atoms with van der Waals surface area (Å²) in [6.45, 7) is 0.379. The van der Waals surface area contributed by atoms with Crippen molar-refractivity contribution >= 4 is 23.2 Å². The number of carboxylic acid groups (broad SMARTS) is 1. The van der Waals surface area contributed by atoms with Crippen LogP contribution in [0.25, 0.3) is 0 Å². The molecule has 1 atom stereocenters. The maximum Gasteiger partial charge on any atom is 0.303 e. The molecular formula is C9H13N3O3S. The number of hydrogen-bond acceptors (Lipinski definition) is 5. The molecule has 1 aromatic rings. The second kappa shape index (κ2) is 6.19. The van der Waals surface area contributed by atoms with Crippen LogP contribution in [-0.4, -0.2) is 28.0 Å². The molecule has 0 aliphatic heterocycles. The Morgan fingerprint density at radius 3 is 2.94 bits per heavy atom. The number of aliphatic carboxylic acids is 1. The van der Waals surface area contributed by atoms with Crippen LogP contribution in [0.5, 0.6) is 0 Å². The Hall–Kier alpha value is -1.47. The summed E-state index contributed by atoms with van der Waals surface area (Å²) in [5.74, 6) is -1.29. The molecule has 0 saturated carbocycles. The van der Waals surface area contributed by atoms with E-state index in [1.165, 1.54) is 11.3 Å². The summed E-state index contributed by atoms with van der Waals surface area (Å²) in [6.07, 6.45) is 1.70. The van der Waals surface area contributed by atoms with Gasteiger partial charge in [0.25, 0.3) is 0 Å². The molecule has 1 aromatic heterocycles. The molecular weight excluding hydrogens is 230 g/mol. The van der Waals surface area contributed by atoms with E-state index in [4.69, 9.17) is 10.8 Å². The van der Waals surface area contributed by atoms with Crippen LogP contribution in [0.3, 0.4) is 0 Å². The number of hydrogen-bond donors (Lipinski definition) is 3. The van der Waals surface area contributed by atoms with E-state index in [1.807, 2.05) is 0 Å². The quantitative estimate of drug-likeness (QED) is 0.649. The number of carbonyl (C=O) groups is 2. The van der Waals surface area contributed by atoms with Crippen LogP contribution in [0, 0.1) is 0 Å². The van der Waals surface area contributed by atoms with Gasteiger partial charge in [-0.15, -0.1) is 11.3 Å². The topological polar surface area (TPSA) is 105 Å². The maximum absolute atomic E-state index is 11.4. The second-order valence-electron chi connectivity index (χ2n) is 3.22. The molecule has 0 spiro atoms. The van der Waals surface area contributed by atoms with Crippen molar-refractivity contribution in [3.63, 3.8) is 0 Å². The zero-order valence-electron chi connectivity index (χ0n) is 8.55. The van der Waals surface area contributed by atoms with Gasteiger partial charge in [0.15, 0.2) is 0 Å². The molecule has 88 valence electrons. The van der Waals surface area contributed by atoms with E-state index >= 15 is 0 Å². The third-order valence-electron chi connectivity index (χ3n) is 1.93. The summed E-state index contributed by atoms with van der Waals surface area (Å²) in [5.41, 5.74) is 7.19. The van der Waals surface area contributed by atoms with Gasteiger partial charge in [-0.05, 0) is 6.42 Å². The molecule has 16 heavy (non-hydrogen) atoms. The van der Waals surface area contributed by atoms with Gasteiger partial charge in [-0.3, -0.25) is 14.6 Å². The van der Waals surface area contributed by atoms with Crippen LogP contribution in [0.1, 0.15) is 17.7 Å². The lowest BCUT2D eigenvalue weighted by atomic mass is 10.1. The number of aromatic nitrogens is 1. The predicted octanol–water partition coefficient (Wildman–Crippen LogP) is -0.0486. The van der Waals surface area contributed by atoms with Gasteiger partial charge in [0, 0.05) is 17.5 Å². The highest BCUT2D eigenvalue weighted by Gasteiger charge is 2.14. The summed E-state index contributed by atoms with van der Waals surface area (Å²) in [7, 11) is 0. The van der Waals surface area contributed by atoms with Gasteiger partial charge in [-0.25, -0.2) is 0 Å². The zero-order valence-corrected chi connectivity index (χ0v) is 9.37. The van der Waals surface area contributed by atoms with E-state index in [1.54, 1.807) is 11.7 Å². The minimum absolute atomic E-state index is 0.102. The lowest BCUT2D eigenvalue weighted by Gasteiger charge is -2.09. The standard InChI is InChI=1S/C9H13N3O3S/c10-7(1-2-8(13)14)9(15)12-4-6-3-11-5-16-6/h3,5,7H,1-2,4,10H2,(H,12,15)(H,13,14). The highest BCUT2D eigenvalue weighted by molar-refractivity contribution is 7.09. The molecule has 1 rings (SSSR count). The summed E-state index contributed by atoms with van der Waals surface area (Å²) < 4.78 is 0. The minimum Gasteiger partial charge on any atom is -0.481 e. The number of nitrogens with two attached hydrogens (primary N) is 1. The summed E-state index contributed by atoms with van der Waals surface area (Å²) in [5, 5.41) is 11.1. The van der Waals surface area contributed by atoms with E-state index in [9.17, 15) is 9.59 Å². The third-order valence-corrected chi connectivity index (χ3v) is 2.71. The first-order chi connectivity index (χ1) is 7.59. The Morgan fingerprint density at radius 1 is 1.62 bits per heavy atom. The highest BCUT2D eigenvalue weighted by atomic mass is 32.1. The molecule has 0 radical (unpaired) electrons. The minimum atomic E-state index is -0.953. The number of amides is 1. The molecule has 1 heterocycles. The van der Waals surface area contributed by atoms with E-state index in [0.717, 1.165) is 4.88 Å². The number of nitrogens with zero attached hydrogens (tertiary/aromatic N) is 1. The van der Waals surface area contributed by atoms with Gasteiger partial charge in [-0.2, -0.15) is 0 Å². The van der Waals surface area contributed by atoms with Gasteiger partial charge in [0.05, 0.1) is 18.1 Å². The van der Waals surface area contributed by atoms with Crippen LogP contribution in [0.15, 0.2) is 11.7 Å². The monoisotopic (exact) mass is 243 g/mol. The number of thiazole rings is 1. The van der Waals surface area contributed by atoms with Crippen molar-refractivity contribution in [2.24, 2.45) is 5.73 Å². The van der Waals surface area contributed by atoms with Crippen LogP contribution < -0.4 is 11.1 Å². The molecule has 1 unspecified atom stereocenters. The third kappa shape index (κ3) is 4.37. The second-order valence-corrected chi connectivity index (χ2v) is 4.20. The van der Waals surface area contributed by atoms with Gasteiger partial charge in [0.2, 0.25) is 5.91 Å². The van der Waals surface area contributed by atoms with E-state index in [0.29, 0.717) is 6.54 Å². The number of nitrogens with one attached hydrogen (secondary N) is 1. The lowest BCUT2D eigenvalue weighted by molar-refractivity contribution is -0.137. The van der Waals surface area contributed by atoms with Crippen molar-refractivity contribution in [3.8, 4) is 0 Å². The first-order valence-electron chi connectivity index (χ1n) is 4.72. The number of carbonyl (C=O) groups excluding carboxylic acids is 1. The van der Waals surface area contributed by atoms with Crippen molar-refractivity contribution in [1.82, 2.24) is 10.3 Å². The normalized spacial score (nSPS) is 12.1. The number of carboxylic acids is 1. The maximum atomic E-state index is 11.4. The summed E-state index contributed by atoms with van der Waals surface area (Å²) in [4.78, 5) is 26.5. The molecule has 0 saturated heterocycles. The van der Waals surface area contributed by atoms with Crippen molar-refractivity contribution < 1.29 is 14.7 Å². The Labute approximate surface area is 96.5 Å². The Bertz CT molecular complexity index is 353. The van der Waals surface area contributed by atoms with Crippen molar-refractivity contribution in [3.05, 3.63) is 16.6 Å². The fraction of sp³-hybridized carbons (Fsp3) is 0.444. The summed E-state index contributed by atoms with van der Waals surface area (Å²) >= 11 is 1.43. The largest absolute Gasteiger partial charge is 0.481 e. The molecule has 0 aromatic carbocycles. The van der Waals surface area contributed by atoms with Crippen LogP contribution in [-0.2, 0) is 16.1 Å². The molecule has 0 bridgehead atoms. The van der Waals surface area contributed by atoms with E-state index in [2.05, 4.69) is 10.3 Å². The van der Waals surface area contributed by atoms with Crippen LogP contribution in [0.4, 0.5) is 0 Å². The molecule has 7 heteroatoms. The van der Waals surface area contributed by atoms with E-state index in [-0.39, 0.29) is 18.7 Å². The first-order valence-corrected chi connectivity index (χ1v) is 5.60. The predicted molar refractivity (Wildman–Crippen MR) is 58.8 cm³/mol. The van der Waals surface area contributed by atoms with Gasteiger partial charge < -0.3 is 16.2 Å². The molecule has 6 nitrogen and oxygen atoms in total. The van der Waals surface area contributed by atoms with E-state index < -0.39 is 12.0 Å². The lowest BCUT2D eigenvalue weighted by Crippen LogP contribution is -2.40. The Morgan fingerprint density at radius 2 is 2.38 bits per heavy atom.